The molecule has 0 unspecified atom stereocenters. The smallest absolute Gasteiger partial charge is 0.140 e. The molecule has 2 aromatic rings. The lowest BCUT2D eigenvalue weighted by atomic mass is 10.2. The highest BCUT2D eigenvalue weighted by Crippen LogP contribution is 2.37. The van der Waals surface area contributed by atoms with Crippen LogP contribution in [-0.2, 0) is 6.61 Å². The Morgan fingerprint density at radius 1 is 1.16 bits per heavy atom. The molecule has 100 valence electrons. The molecule has 0 aliphatic carbocycles. The molecule has 2 nitrogen and oxygen atoms in total. The van der Waals surface area contributed by atoms with Gasteiger partial charge in [0.25, 0.3) is 0 Å². The van der Waals surface area contributed by atoms with Crippen molar-refractivity contribution in [1.82, 2.24) is 0 Å². The van der Waals surface area contributed by atoms with Crippen molar-refractivity contribution in [2.45, 2.75) is 16.4 Å². The molecule has 0 radical (unpaired) electrons. The summed E-state index contributed by atoms with van der Waals surface area (Å²) in [5.41, 5.74) is 0.208. The molecule has 0 aliphatic heterocycles. The Morgan fingerprint density at radius 2 is 1.79 bits per heavy atom. The Labute approximate surface area is 114 Å². The Morgan fingerprint density at radius 3 is 2.37 bits per heavy atom. The summed E-state index contributed by atoms with van der Waals surface area (Å²) >= 11 is 0.955. The van der Waals surface area contributed by atoms with E-state index in [0.29, 0.717) is 10.6 Å². The van der Waals surface area contributed by atoms with Crippen LogP contribution in [0.2, 0.25) is 0 Å². The minimum atomic E-state index is -0.694. The van der Waals surface area contributed by atoms with E-state index in [4.69, 9.17) is 9.84 Å². The highest BCUT2D eigenvalue weighted by Gasteiger charge is 2.14. The van der Waals surface area contributed by atoms with Crippen molar-refractivity contribution in [2.24, 2.45) is 0 Å². The first-order valence-electron chi connectivity index (χ1n) is 5.55. The molecule has 0 aliphatic rings. The molecule has 0 fully saturated rings. The van der Waals surface area contributed by atoms with Crippen LogP contribution in [0.4, 0.5) is 8.78 Å². The number of hydrogen-bond donors (Lipinski definition) is 1. The molecule has 19 heavy (non-hydrogen) atoms. The van der Waals surface area contributed by atoms with Gasteiger partial charge in [0.05, 0.1) is 23.5 Å². The maximum Gasteiger partial charge on any atom is 0.140 e. The van der Waals surface area contributed by atoms with Gasteiger partial charge in [-0.15, -0.1) is 0 Å². The van der Waals surface area contributed by atoms with Gasteiger partial charge in [-0.1, -0.05) is 23.9 Å². The van der Waals surface area contributed by atoms with Crippen LogP contribution in [0.15, 0.2) is 46.2 Å². The third-order valence-corrected chi connectivity index (χ3v) is 3.67. The Bertz CT molecular complexity index is 564. The molecule has 1 N–H and O–H groups in total. The van der Waals surface area contributed by atoms with Crippen molar-refractivity contribution in [3.63, 3.8) is 0 Å². The third-order valence-electron chi connectivity index (χ3n) is 2.52. The zero-order valence-corrected chi connectivity index (χ0v) is 11.0. The quantitative estimate of drug-likeness (QED) is 0.928. The van der Waals surface area contributed by atoms with Crippen LogP contribution in [0.3, 0.4) is 0 Å². The molecule has 0 saturated heterocycles. The number of halogens is 2. The number of aliphatic hydroxyl groups is 1. The van der Waals surface area contributed by atoms with Gasteiger partial charge in [-0.3, -0.25) is 0 Å². The molecule has 0 atom stereocenters. The second kappa shape index (κ2) is 6.04. The molecule has 0 aromatic heterocycles. The number of hydrogen-bond acceptors (Lipinski definition) is 3. The summed E-state index contributed by atoms with van der Waals surface area (Å²) in [4.78, 5) is 0.515. The van der Waals surface area contributed by atoms with E-state index in [2.05, 4.69) is 0 Å². The van der Waals surface area contributed by atoms with E-state index in [9.17, 15) is 8.78 Å². The molecule has 0 heterocycles. The van der Waals surface area contributed by atoms with Crippen LogP contribution >= 0.6 is 11.8 Å². The van der Waals surface area contributed by atoms with Crippen molar-refractivity contribution in [3.05, 3.63) is 53.6 Å². The van der Waals surface area contributed by atoms with Gasteiger partial charge in [0.15, 0.2) is 0 Å². The Hall–Kier alpha value is -1.59. The van der Waals surface area contributed by atoms with Crippen molar-refractivity contribution in [3.8, 4) is 5.75 Å². The van der Waals surface area contributed by atoms with Gasteiger partial charge in [-0.05, 0) is 29.8 Å². The molecule has 2 aromatic carbocycles. The summed E-state index contributed by atoms with van der Waals surface area (Å²) in [5, 5.41) is 8.89. The van der Waals surface area contributed by atoms with E-state index in [0.717, 1.165) is 23.9 Å². The predicted octanol–water partition coefficient (Wildman–Crippen LogP) is 3.62. The van der Waals surface area contributed by atoms with Crippen molar-refractivity contribution in [2.75, 3.05) is 7.11 Å². The molecule has 0 spiro atoms. The first-order chi connectivity index (χ1) is 9.15. The zero-order valence-electron chi connectivity index (χ0n) is 10.2. The fraction of sp³-hybridized carbons (Fsp3) is 0.143. The number of rotatable bonds is 4. The van der Waals surface area contributed by atoms with E-state index in [-0.39, 0.29) is 10.5 Å². The van der Waals surface area contributed by atoms with Crippen molar-refractivity contribution in [1.29, 1.82) is 0 Å². The maximum absolute atomic E-state index is 13.8. The first-order valence-corrected chi connectivity index (χ1v) is 6.37. The number of ether oxygens (including phenoxy) is 1. The number of methoxy groups -OCH3 is 1. The summed E-state index contributed by atoms with van der Waals surface area (Å²) < 4.78 is 32.7. The van der Waals surface area contributed by atoms with Crippen LogP contribution in [-0.4, -0.2) is 12.2 Å². The van der Waals surface area contributed by atoms with E-state index < -0.39 is 18.2 Å². The van der Waals surface area contributed by atoms with Crippen molar-refractivity contribution < 1.29 is 18.6 Å². The minimum absolute atomic E-state index is 0.110. The first kappa shape index (κ1) is 13.8. The normalized spacial score (nSPS) is 10.5. The molecular weight excluding hydrogens is 270 g/mol. The van der Waals surface area contributed by atoms with Crippen LogP contribution < -0.4 is 4.74 Å². The lowest BCUT2D eigenvalue weighted by molar-refractivity contribution is 0.280. The topological polar surface area (TPSA) is 29.5 Å². The van der Waals surface area contributed by atoms with Crippen LogP contribution in [0.1, 0.15) is 5.56 Å². The summed E-state index contributed by atoms with van der Waals surface area (Å²) in [6, 6.07) is 9.25. The average Bonchev–Trinajstić information content (AvgIpc) is 2.43. The predicted molar refractivity (Wildman–Crippen MR) is 69.4 cm³/mol. The largest absolute Gasteiger partial charge is 0.496 e. The molecule has 0 bridgehead atoms. The second-order valence-electron chi connectivity index (χ2n) is 3.80. The minimum Gasteiger partial charge on any atom is -0.496 e. The standard InChI is InChI=1S/C14H12F2O2S/c1-18-12-4-2-3-5-13(12)19-14-10(15)6-9(8-17)7-11(14)16/h2-7,17H,8H2,1H3. The maximum atomic E-state index is 13.8. The molecule has 5 heteroatoms. The highest BCUT2D eigenvalue weighted by molar-refractivity contribution is 7.99. The zero-order chi connectivity index (χ0) is 13.8. The SMILES string of the molecule is COc1ccccc1Sc1c(F)cc(CO)cc1F. The number of aliphatic hydroxyl groups excluding tert-OH is 1. The average molecular weight is 282 g/mol. The van der Waals surface area contributed by atoms with Gasteiger partial charge in [-0.25, -0.2) is 8.78 Å². The van der Waals surface area contributed by atoms with Gasteiger partial charge in [-0.2, -0.15) is 0 Å². The summed E-state index contributed by atoms with van der Waals surface area (Å²) in [7, 11) is 1.50. The van der Waals surface area contributed by atoms with Crippen LogP contribution in [0.25, 0.3) is 0 Å². The van der Waals surface area contributed by atoms with Gasteiger partial charge in [0.1, 0.15) is 17.4 Å². The lowest BCUT2D eigenvalue weighted by Gasteiger charge is -2.10. The fourth-order valence-corrected chi connectivity index (χ4v) is 2.55. The van der Waals surface area contributed by atoms with Crippen LogP contribution in [0.5, 0.6) is 5.75 Å². The third kappa shape index (κ3) is 3.05. The van der Waals surface area contributed by atoms with E-state index in [1.807, 2.05) is 0 Å². The highest BCUT2D eigenvalue weighted by atomic mass is 32.2. The van der Waals surface area contributed by atoms with Gasteiger partial charge < -0.3 is 9.84 Å². The van der Waals surface area contributed by atoms with Crippen LogP contribution in [0, 0.1) is 11.6 Å². The molecule has 0 amide bonds. The van der Waals surface area contributed by atoms with E-state index in [1.54, 1.807) is 24.3 Å². The molecule has 2 rings (SSSR count). The number of para-hydroxylation sites is 1. The van der Waals surface area contributed by atoms with Gasteiger partial charge in [0, 0.05) is 0 Å². The van der Waals surface area contributed by atoms with E-state index >= 15 is 0 Å². The molecule has 0 saturated carbocycles. The van der Waals surface area contributed by atoms with E-state index in [1.165, 1.54) is 7.11 Å². The number of benzene rings is 2. The monoisotopic (exact) mass is 282 g/mol. The summed E-state index contributed by atoms with van der Waals surface area (Å²) in [5.74, 6) is -0.836. The summed E-state index contributed by atoms with van der Waals surface area (Å²) in [6.07, 6.45) is 0. The fourth-order valence-electron chi connectivity index (χ4n) is 1.61. The van der Waals surface area contributed by atoms with Gasteiger partial charge in [0.2, 0.25) is 0 Å². The lowest BCUT2D eigenvalue weighted by Crippen LogP contribution is -1.94. The van der Waals surface area contributed by atoms with Gasteiger partial charge >= 0.3 is 0 Å². The second-order valence-corrected chi connectivity index (χ2v) is 4.85. The van der Waals surface area contributed by atoms with Crippen molar-refractivity contribution >= 4 is 11.8 Å². The Balaban J connectivity index is 2.38. The Kier molecular flexibility index (Phi) is 4.39. The summed E-state index contributed by atoms with van der Waals surface area (Å²) in [6.45, 7) is -0.395. The molecular formula is C14H12F2O2S.